The molecule has 1 aromatic rings. The lowest BCUT2D eigenvalue weighted by Crippen LogP contribution is -2.46. The Balaban J connectivity index is 1.88. The molecule has 0 radical (unpaired) electrons. The molecular weight excluding hydrogens is 307 g/mol. The van der Waals surface area contributed by atoms with Crippen LogP contribution < -0.4 is 0 Å². The van der Waals surface area contributed by atoms with Gasteiger partial charge in [0.25, 0.3) is 0 Å². The Bertz CT molecular complexity index is 563. The number of rotatable bonds is 6. The van der Waals surface area contributed by atoms with E-state index in [1.807, 2.05) is 11.8 Å². The van der Waals surface area contributed by atoms with Crippen molar-refractivity contribution in [2.75, 3.05) is 33.3 Å². The van der Waals surface area contributed by atoms with Gasteiger partial charge in [0.15, 0.2) is 0 Å². The van der Waals surface area contributed by atoms with Gasteiger partial charge < -0.3 is 14.9 Å². The minimum Gasteiger partial charge on any atom is -0.396 e. The van der Waals surface area contributed by atoms with Gasteiger partial charge in [-0.15, -0.1) is 0 Å². The van der Waals surface area contributed by atoms with Crippen LogP contribution in [0.5, 0.6) is 0 Å². The summed E-state index contributed by atoms with van der Waals surface area (Å²) >= 11 is 0. The molecule has 1 N–H and O–H groups in total. The first-order chi connectivity index (χ1) is 11.5. The van der Waals surface area contributed by atoms with Gasteiger partial charge in [-0.25, -0.2) is 4.39 Å². The van der Waals surface area contributed by atoms with E-state index in [1.165, 1.54) is 12.1 Å². The molecule has 132 valence electrons. The molecule has 0 spiro atoms. The zero-order chi connectivity index (χ0) is 17.5. The van der Waals surface area contributed by atoms with Crippen molar-refractivity contribution >= 4 is 12.0 Å². The predicted octanol–water partition coefficient (Wildman–Crippen LogP) is 2.53. The molecule has 0 unspecified atom stereocenters. The molecule has 0 bridgehead atoms. The largest absolute Gasteiger partial charge is 0.396 e. The van der Waals surface area contributed by atoms with Crippen molar-refractivity contribution in [1.82, 2.24) is 9.80 Å². The van der Waals surface area contributed by atoms with E-state index < -0.39 is 0 Å². The standard InChI is InChI=1S/C19H27FN2O2/c1-15(14-16-4-6-17(20)7-5-16)19(24)22-11-8-18(9-12-22)21(2)10-3-13-23/h4-7,14,18,23H,3,8-13H2,1-2H3/b15-14+. The second kappa shape index (κ2) is 8.94. The third-order valence-electron chi connectivity index (χ3n) is 4.63. The lowest BCUT2D eigenvalue weighted by molar-refractivity contribution is -0.128. The average molecular weight is 334 g/mol. The lowest BCUT2D eigenvalue weighted by Gasteiger charge is -2.37. The van der Waals surface area contributed by atoms with Crippen molar-refractivity contribution in [1.29, 1.82) is 0 Å². The molecule has 4 nitrogen and oxygen atoms in total. The number of nitrogens with zero attached hydrogens (tertiary/aromatic N) is 2. The van der Waals surface area contributed by atoms with Gasteiger partial charge in [-0.1, -0.05) is 12.1 Å². The molecule has 1 amide bonds. The first-order valence-electron chi connectivity index (χ1n) is 8.55. The van der Waals surface area contributed by atoms with Crippen LogP contribution in [0.15, 0.2) is 29.8 Å². The maximum Gasteiger partial charge on any atom is 0.249 e. The van der Waals surface area contributed by atoms with Crippen molar-refractivity contribution in [2.45, 2.75) is 32.2 Å². The first-order valence-corrected chi connectivity index (χ1v) is 8.55. The summed E-state index contributed by atoms with van der Waals surface area (Å²) in [5.74, 6) is -0.223. The fourth-order valence-corrected chi connectivity index (χ4v) is 3.13. The van der Waals surface area contributed by atoms with Crippen LogP contribution in [0.4, 0.5) is 4.39 Å². The molecule has 1 aliphatic rings. The Morgan fingerprint density at radius 2 is 1.96 bits per heavy atom. The van der Waals surface area contributed by atoms with Crippen molar-refractivity contribution in [3.05, 3.63) is 41.2 Å². The summed E-state index contributed by atoms with van der Waals surface area (Å²) in [6.07, 6.45) is 4.51. The van der Waals surface area contributed by atoms with Gasteiger partial charge in [-0.3, -0.25) is 4.79 Å². The molecule has 1 heterocycles. The Hall–Kier alpha value is -1.72. The number of piperidine rings is 1. The minimum atomic E-state index is -0.275. The predicted molar refractivity (Wildman–Crippen MR) is 94.0 cm³/mol. The number of hydrogen-bond donors (Lipinski definition) is 1. The molecule has 24 heavy (non-hydrogen) atoms. The monoisotopic (exact) mass is 334 g/mol. The molecule has 0 atom stereocenters. The molecule has 0 aliphatic carbocycles. The summed E-state index contributed by atoms with van der Waals surface area (Å²) in [7, 11) is 2.08. The quantitative estimate of drug-likeness (QED) is 0.813. The number of halogens is 1. The Morgan fingerprint density at radius 1 is 1.33 bits per heavy atom. The van der Waals surface area contributed by atoms with Crippen molar-refractivity contribution in [3.63, 3.8) is 0 Å². The zero-order valence-electron chi connectivity index (χ0n) is 14.5. The van der Waals surface area contributed by atoms with Crippen molar-refractivity contribution < 1.29 is 14.3 Å². The second-order valence-corrected chi connectivity index (χ2v) is 6.46. The van der Waals surface area contributed by atoms with Gasteiger partial charge in [0.05, 0.1) is 0 Å². The van der Waals surface area contributed by atoms with Crippen LogP contribution >= 0.6 is 0 Å². The zero-order valence-corrected chi connectivity index (χ0v) is 14.5. The van der Waals surface area contributed by atoms with Crippen LogP contribution in [0, 0.1) is 5.82 Å². The van der Waals surface area contributed by atoms with Crippen LogP contribution in [-0.4, -0.2) is 60.1 Å². The minimum absolute atomic E-state index is 0.0517. The van der Waals surface area contributed by atoms with E-state index in [2.05, 4.69) is 11.9 Å². The van der Waals surface area contributed by atoms with Crippen molar-refractivity contribution in [2.24, 2.45) is 0 Å². The topological polar surface area (TPSA) is 43.8 Å². The molecule has 0 saturated carbocycles. The molecule has 1 saturated heterocycles. The third kappa shape index (κ3) is 5.14. The molecule has 1 aromatic carbocycles. The summed E-state index contributed by atoms with van der Waals surface area (Å²) in [4.78, 5) is 16.7. The van der Waals surface area contributed by atoms with Gasteiger partial charge in [-0.05, 0) is 57.0 Å². The highest BCUT2D eigenvalue weighted by molar-refractivity contribution is 5.97. The van der Waals surface area contributed by atoms with Gasteiger partial charge in [0.1, 0.15) is 5.82 Å². The smallest absolute Gasteiger partial charge is 0.249 e. The summed E-state index contributed by atoms with van der Waals surface area (Å²) in [6.45, 7) is 4.42. The number of hydrogen-bond acceptors (Lipinski definition) is 3. The number of aliphatic hydroxyl groups is 1. The first kappa shape index (κ1) is 18.6. The lowest BCUT2D eigenvalue weighted by atomic mass is 10.0. The fourth-order valence-electron chi connectivity index (χ4n) is 3.13. The van der Waals surface area contributed by atoms with E-state index in [0.717, 1.165) is 44.5 Å². The third-order valence-corrected chi connectivity index (χ3v) is 4.63. The van der Waals surface area contributed by atoms with E-state index in [-0.39, 0.29) is 18.3 Å². The SMILES string of the molecule is C/C(=C\c1ccc(F)cc1)C(=O)N1CCC(N(C)CCCO)CC1. The van der Waals surface area contributed by atoms with Gasteiger partial charge in [0.2, 0.25) is 5.91 Å². The maximum atomic E-state index is 12.9. The van der Waals surface area contributed by atoms with Crippen LogP contribution in [0.2, 0.25) is 0 Å². The van der Waals surface area contributed by atoms with E-state index in [0.29, 0.717) is 11.6 Å². The number of carbonyl (C=O) groups is 1. The highest BCUT2D eigenvalue weighted by Crippen LogP contribution is 2.18. The molecule has 5 heteroatoms. The van der Waals surface area contributed by atoms with Crippen LogP contribution in [0.1, 0.15) is 31.7 Å². The maximum absolute atomic E-state index is 12.9. The number of aliphatic hydroxyl groups excluding tert-OH is 1. The molecular formula is C19H27FN2O2. The number of amides is 1. The highest BCUT2D eigenvalue weighted by Gasteiger charge is 2.25. The second-order valence-electron chi connectivity index (χ2n) is 6.46. The summed E-state index contributed by atoms with van der Waals surface area (Å²) in [5, 5.41) is 8.92. The van der Waals surface area contributed by atoms with Crippen LogP contribution in [0.3, 0.4) is 0 Å². The summed E-state index contributed by atoms with van der Waals surface area (Å²) in [6, 6.07) is 6.62. The average Bonchev–Trinajstić information content (AvgIpc) is 2.61. The van der Waals surface area contributed by atoms with Gasteiger partial charge in [0, 0.05) is 37.9 Å². The van der Waals surface area contributed by atoms with Gasteiger partial charge in [-0.2, -0.15) is 0 Å². The number of likely N-dealkylation sites (tertiary alicyclic amines) is 1. The normalized spacial score (nSPS) is 16.7. The molecule has 2 rings (SSSR count). The highest BCUT2D eigenvalue weighted by atomic mass is 19.1. The van der Waals surface area contributed by atoms with E-state index in [4.69, 9.17) is 5.11 Å². The molecule has 1 aliphatic heterocycles. The van der Waals surface area contributed by atoms with E-state index >= 15 is 0 Å². The van der Waals surface area contributed by atoms with E-state index in [9.17, 15) is 9.18 Å². The Kier molecular flexibility index (Phi) is 6.94. The van der Waals surface area contributed by atoms with Crippen LogP contribution in [-0.2, 0) is 4.79 Å². The van der Waals surface area contributed by atoms with Crippen LogP contribution in [0.25, 0.3) is 6.08 Å². The summed E-state index contributed by atoms with van der Waals surface area (Å²) < 4.78 is 12.9. The number of benzene rings is 1. The Labute approximate surface area is 143 Å². The number of carbonyl (C=O) groups excluding carboxylic acids is 1. The summed E-state index contributed by atoms with van der Waals surface area (Å²) in [5.41, 5.74) is 1.51. The van der Waals surface area contributed by atoms with Crippen molar-refractivity contribution in [3.8, 4) is 0 Å². The Morgan fingerprint density at radius 3 is 2.54 bits per heavy atom. The molecule has 1 fully saturated rings. The van der Waals surface area contributed by atoms with Gasteiger partial charge >= 0.3 is 0 Å². The molecule has 0 aromatic heterocycles. The fraction of sp³-hybridized carbons (Fsp3) is 0.526. The van der Waals surface area contributed by atoms with E-state index in [1.54, 1.807) is 18.2 Å².